The van der Waals surface area contributed by atoms with E-state index >= 15 is 0 Å². The number of carbonyl (C=O) groups excluding carboxylic acids is 1. The summed E-state index contributed by atoms with van der Waals surface area (Å²) in [6.07, 6.45) is 10.6. The minimum absolute atomic E-state index is 0.0443. The molecular formula is C23H27N3O4. The summed E-state index contributed by atoms with van der Waals surface area (Å²) in [4.78, 5) is 23.9. The fraction of sp³-hybridized carbons (Fsp3) is 0.565. The van der Waals surface area contributed by atoms with Crippen LogP contribution in [0.4, 0.5) is 5.69 Å². The lowest BCUT2D eigenvalue weighted by Crippen LogP contribution is -2.49. The van der Waals surface area contributed by atoms with E-state index in [1.54, 1.807) is 30.7 Å². The van der Waals surface area contributed by atoms with Gasteiger partial charge in [-0.25, -0.2) is 0 Å². The van der Waals surface area contributed by atoms with Gasteiger partial charge in [-0.15, -0.1) is 0 Å². The predicted molar refractivity (Wildman–Crippen MR) is 111 cm³/mol. The Morgan fingerprint density at radius 1 is 1.23 bits per heavy atom. The molecule has 7 nitrogen and oxygen atoms in total. The Balaban J connectivity index is 1.29. The topological polar surface area (TPSA) is 91.2 Å². The van der Waals surface area contributed by atoms with E-state index in [1.807, 2.05) is 12.1 Å². The SMILES string of the molecule is Cc1nn(Cc2ccc(/C=C/C(=O)C34CC5CC(CC(C5)C3)C4)o2)c(C)c1[N+](=O)[O-]. The highest BCUT2D eigenvalue weighted by molar-refractivity contribution is 5.98. The molecule has 7 heteroatoms. The van der Waals surface area contributed by atoms with Crippen LogP contribution < -0.4 is 0 Å². The van der Waals surface area contributed by atoms with Gasteiger partial charge in [-0.2, -0.15) is 5.10 Å². The summed E-state index contributed by atoms with van der Waals surface area (Å²) >= 11 is 0. The van der Waals surface area contributed by atoms with E-state index in [0.717, 1.165) is 37.0 Å². The van der Waals surface area contributed by atoms with Crippen molar-refractivity contribution in [3.8, 4) is 0 Å². The molecule has 6 rings (SSSR count). The van der Waals surface area contributed by atoms with Crippen molar-refractivity contribution in [3.05, 3.63) is 51.2 Å². The number of allylic oxidation sites excluding steroid dienone is 1. The first-order valence-corrected chi connectivity index (χ1v) is 10.8. The van der Waals surface area contributed by atoms with Crippen LogP contribution in [0, 0.1) is 47.1 Å². The maximum absolute atomic E-state index is 13.1. The second kappa shape index (κ2) is 6.93. The fourth-order valence-corrected chi connectivity index (χ4v) is 6.57. The molecule has 0 saturated heterocycles. The lowest BCUT2D eigenvalue weighted by molar-refractivity contribution is -0.386. The van der Waals surface area contributed by atoms with E-state index in [4.69, 9.17) is 4.42 Å². The van der Waals surface area contributed by atoms with Gasteiger partial charge < -0.3 is 4.42 Å². The van der Waals surface area contributed by atoms with E-state index in [1.165, 1.54) is 19.3 Å². The first-order valence-electron chi connectivity index (χ1n) is 10.8. The second-order valence-electron chi connectivity index (χ2n) is 9.63. The van der Waals surface area contributed by atoms with Crippen LogP contribution >= 0.6 is 0 Å². The Morgan fingerprint density at radius 3 is 2.43 bits per heavy atom. The lowest BCUT2D eigenvalue weighted by Gasteiger charge is -2.55. The smallest absolute Gasteiger partial charge is 0.312 e. The fourth-order valence-electron chi connectivity index (χ4n) is 6.57. The molecular weight excluding hydrogens is 382 g/mol. The predicted octanol–water partition coefficient (Wildman–Crippen LogP) is 4.85. The van der Waals surface area contributed by atoms with Crippen LogP contribution in [0.15, 0.2) is 22.6 Å². The first-order chi connectivity index (χ1) is 14.3. The Hall–Kier alpha value is -2.70. The van der Waals surface area contributed by atoms with Gasteiger partial charge in [0.25, 0.3) is 0 Å². The van der Waals surface area contributed by atoms with Gasteiger partial charge in [0.15, 0.2) is 5.78 Å². The van der Waals surface area contributed by atoms with Gasteiger partial charge in [0.2, 0.25) is 0 Å². The number of nitro groups is 1. The molecule has 0 aliphatic heterocycles. The molecule has 4 saturated carbocycles. The van der Waals surface area contributed by atoms with E-state index in [9.17, 15) is 14.9 Å². The average Bonchev–Trinajstić information content (AvgIpc) is 3.22. The zero-order valence-corrected chi connectivity index (χ0v) is 17.5. The van der Waals surface area contributed by atoms with Crippen LogP contribution in [0.3, 0.4) is 0 Å². The third kappa shape index (κ3) is 3.20. The zero-order valence-electron chi connectivity index (χ0n) is 17.5. The summed E-state index contributed by atoms with van der Waals surface area (Å²) in [6.45, 7) is 3.64. The van der Waals surface area contributed by atoms with Crippen molar-refractivity contribution in [2.75, 3.05) is 0 Å². The van der Waals surface area contributed by atoms with E-state index in [0.29, 0.717) is 29.5 Å². The molecule has 4 aliphatic carbocycles. The number of rotatable bonds is 6. The highest BCUT2D eigenvalue weighted by Gasteiger charge is 2.53. The third-order valence-corrected chi connectivity index (χ3v) is 7.47. The highest BCUT2D eigenvalue weighted by Crippen LogP contribution is 2.60. The van der Waals surface area contributed by atoms with E-state index < -0.39 is 4.92 Å². The Bertz CT molecular complexity index is 1010. The zero-order chi connectivity index (χ0) is 21.0. The van der Waals surface area contributed by atoms with Gasteiger partial charge in [-0.1, -0.05) is 0 Å². The molecule has 0 spiro atoms. The summed E-state index contributed by atoms with van der Waals surface area (Å²) in [7, 11) is 0. The number of aromatic nitrogens is 2. The number of furan rings is 1. The van der Waals surface area contributed by atoms with Crippen LogP contribution in [-0.2, 0) is 11.3 Å². The molecule has 0 atom stereocenters. The summed E-state index contributed by atoms with van der Waals surface area (Å²) in [5.41, 5.74) is 0.805. The minimum atomic E-state index is -0.402. The molecule has 0 radical (unpaired) electrons. The molecule has 0 amide bonds. The van der Waals surface area contributed by atoms with Gasteiger partial charge in [-0.3, -0.25) is 19.6 Å². The van der Waals surface area contributed by atoms with Gasteiger partial charge in [0.1, 0.15) is 22.9 Å². The van der Waals surface area contributed by atoms with Crippen molar-refractivity contribution >= 4 is 17.5 Å². The highest BCUT2D eigenvalue weighted by atomic mass is 16.6. The second-order valence-corrected chi connectivity index (χ2v) is 9.63. The Morgan fingerprint density at radius 2 is 1.87 bits per heavy atom. The maximum Gasteiger partial charge on any atom is 0.312 e. The Kier molecular flexibility index (Phi) is 4.45. The van der Waals surface area contributed by atoms with E-state index in [2.05, 4.69) is 5.10 Å². The molecule has 0 N–H and O–H groups in total. The molecule has 2 aromatic rings. The molecule has 2 aromatic heterocycles. The van der Waals surface area contributed by atoms with Crippen LogP contribution in [0.5, 0.6) is 0 Å². The number of hydrogen-bond acceptors (Lipinski definition) is 5. The molecule has 30 heavy (non-hydrogen) atoms. The van der Waals surface area contributed by atoms with Crippen molar-refractivity contribution in [1.82, 2.24) is 9.78 Å². The van der Waals surface area contributed by atoms with Crippen molar-refractivity contribution in [2.45, 2.75) is 58.9 Å². The Labute approximate surface area is 175 Å². The first kappa shape index (κ1) is 19.3. The number of aryl methyl sites for hydroxylation is 1. The molecule has 4 fully saturated rings. The van der Waals surface area contributed by atoms with Crippen LogP contribution in [0.2, 0.25) is 0 Å². The average molecular weight is 409 g/mol. The lowest BCUT2D eigenvalue weighted by atomic mass is 9.48. The van der Waals surface area contributed by atoms with Crippen molar-refractivity contribution in [1.29, 1.82) is 0 Å². The van der Waals surface area contributed by atoms with Crippen LogP contribution in [0.1, 0.15) is 61.4 Å². The van der Waals surface area contributed by atoms with Gasteiger partial charge >= 0.3 is 5.69 Å². The molecule has 4 aliphatic rings. The quantitative estimate of drug-likeness (QED) is 0.386. The molecule has 4 bridgehead atoms. The summed E-state index contributed by atoms with van der Waals surface area (Å²) < 4.78 is 7.44. The maximum atomic E-state index is 13.1. The van der Waals surface area contributed by atoms with Crippen molar-refractivity contribution < 1.29 is 14.1 Å². The summed E-state index contributed by atoms with van der Waals surface area (Å²) in [5, 5.41) is 15.4. The molecule has 0 aromatic carbocycles. The van der Waals surface area contributed by atoms with Gasteiger partial charge in [-0.05, 0) is 94.4 Å². The van der Waals surface area contributed by atoms with Crippen molar-refractivity contribution in [2.24, 2.45) is 23.2 Å². The minimum Gasteiger partial charge on any atom is -0.460 e. The van der Waals surface area contributed by atoms with Crippen molar-refractivity contribution in [3.63, 3.8) is 0 Å². The van der Waals surface area contributed by atoms with E-state index in [-0.39, 0.29) is 16.9 Å². The monoisotopic (exact) mass is 409 g/mol. The van der Waals surface area contributed by atoms with Crippen LogP contribution in [-0.4, -0.2) is 20.5 Å². The van der Waals surface area contributed by atoms with Crippen LogP contribution in [0.25, 0.3) is 6.08 Å². The number of ketones is 1. The van der Waals surface area contributed by atoms with Gasteiger partial charge in [0, 0.05) is 5.41 Å². The molecule has 158 valence electrons. The molecule has 2 heterocycles. The number of hydrogen-bond donors (Lipinski definition) is 0. The summed E-state index contributed by atoms with van der Waals surface area (Å²) in [6, 6.07) is 3.66. The normalized spacial score (nSPS) is 29.7. The summed E-state index contributed by atoms with van der Waals surface area (Å²) in [5.74, 6) is 3.76. The number of nitrogens with zero attached hydrogens (tertiary/aromatic N) is 3. The third-order valence-electron chi connectivity index (χ3n) is 7.47. The molecule has 0 unspecified atom stereocenters. The van der Waals surface area contributed by atoms with Gasteiger partial charge in [0.05, 0.1) is 11.5 Å². The largest absolute Gasteiger partial charge is 0.460 e. The number of carbonyl (C=O) groups is 1. The standard InChI is InChI=1S/C23H27N3O4/c1-14-22(26(28)29)15(2)25(24-14)13-20-4-3-19(30-20)5-6-21(27)23-10-16-7-17(11-23)9-18(8-16)12-23/h3-6,16-18H,7-13H2,1-2H3/b6-5+.